The Balaban J connectivity index is 1.47. The first kappa shape index (κ1) is 21.5. The smallest absolute Gasteiger partial charge is 0.258 e. The van der Waals surface area contributed by atoms with Gasteiger partial charge in [0.25, 0.3) is 0 Å². The Labute approximate surface area is 199 Å². The lowest BCUT2D eigenvalue weighted by Gasteiger charge is -2.07. The summed E-state index contributed by atoms with van der Waals surface area (Å²) < 4.78 is 1.78. The van der Waals surface area contributed by atoms with E-state index in [1.807, 2.05) is 66.1 Å². The van der Waals surface area contributed by atoms with Crippen molar-refractivity contribution in [2.45, 2.75) is 39.2 Å². The van der Waals surface area contributed by atoms with E-state index >= 15 is 0 Å². The minimum absolute atomic E-state index is 0.0812. The zero-order valence-corrected chi connectivity index (χ0v) is 19.8. The maximum absolute atomic E-state index is 13.5. The topological polar surface area (TPSA) is 45.9 Å². The summed E-state index contributed by atoms with van der Waals surface area (Å²) in [5.41, 5.74) is 3.89. The maximum Gasteiger partial charge on any atom is 0.359 e. The summed E-state index contributed by atoms with van der Waals surface area (Å²) in [6, 6.07) is 24.5. The van der Waals surface area contributed by atoms with E-state index in [0.717, 1.165) is 29.2 Å². The molecule has 1 unspecified atom stereocenters. The molecule has 0 amide bonds. The molecule has 4 nitrogen and oxygen atoms in total. The monoisotopic (exact) mass is 454 g/mol. The van der Waals surface area contributed by atoms with E-state index in [-0.39, 0.29) is 11.9 Å². The summed E-state index contributed by atoms with van der Waals surface area (Å²) in [6.45, 7) is 4.47. The Morgan fingerprint density at radius 3 is 2.39 bits per heavy atom. The van der Waals surface area contributed by atoms with E-state index in [4.69, 9.17) is 4.98 Å². The van der Waals surface area contributed by atoms with Crippen molar-refractivity contribution in [3.63, 3.8) is 0 Å². The number of anilines is 1. The number of nitrogens with one attached hydrogen (secondary N) is 1. The number of aromatic nitrogens is 2. The summed E-state index contributed by atoms with van der Waals surface area (Å²) in [5.74, 6) is 1.52. The van der Waals surface area contributed by atoms with Crippen LogP contribution in [0.5, 0.6) is 0 Å². The molecule has 0 radical (unpaired) electrons. The van der Waals surface area contributed by atoms with Gasteiger partial charge in [0.05, 0.1) is 0 Å². The van der Waals surface area contributed by atoms with Gasteiger partial charge in [-0.3, -0.25) is 5.32 Å². The minimum Gasteiger partial charge on any atom is -0.258 e. The van der Waals surface area contributed by atoms with Gasteiger partial charge >= 0.3 is 11.7 Å². The number of benzene rings is 2. The molecule has 0 fully saturated rings. The first-order chi connectivity index (χ1) is 16.1. The molecule has 5 heteroatoms. The van der Waals surface area contributed by atoms with Gasteiger partial charge in [-0.2, -0.15) is 4.57 Å². The van der Waals surface area contributed by atoms with Crippen molar-refractivity contribution in [1.29, 1.82) is 0 Å². The molecule has 2 aromatic heterocycles. The van der Waals surface area contributed by atoms with E-state index in [1.165, 1.54) is 15.3 Å². The van der Waals surface area contributed by atoms with E-state index in [1.54, 1.807) is 4.57 Å². The summed E-state index contributed by atoms with van der Waals surface area (Å²) in [4.78, 5) is 21.1. The lowest BCUT2D eigenvalue weighted by Crippen LogP contribution is -2.44. The third-order valence-electron chi connectivity index (χ3n) is 5.88. The molecular weight excluding hydrogens is 426 g/mol. The Hall–Kier alpha value is -3.31. The number of hydrogen-bond acceptors (Lipinski definition) is 4. The van der Waals surface area contributed by atoms with Crippen molar-refractivity contribution in [1.82, 2.24) is 4.98 Å². The van der Waals surface area contributed by atoms with Gasteiger partial charge in [-0.1, -0.05) is 74.5 Å². The molecule has 33 heavy (non-hydrogen) atoms. The van der Waals surface area contributed by atoms with Crippen LogP contribution in [-0.2, 0) is 19.3 Å². The van der Waals surface area contributed by atoms with Gasteiger partial charge in [0.15, 0.2) is 6.04 Å². The Bertz CT molecular complexity index is 1270. The van der Waals surface area contributed by atoms with Crippen molar-refractivity contribution in [2.24, 2.45) is 5.92 Å². The third kappa shape index (κ3) is 4.74. The molecule has 0 spiro atoms. The molecule has 1 aliphatic heterocycles. The van der Waals surface area contributed by atoms with Gasteiger partial charge in [0.1, 0.15) is 17.6 Å². The van der Waals surface area contributed by atoms with Gasteiger partial charge in [0.2, 0.25) is 0 Å². The normalized spacial score (nSPS) is 15.0. The molecule has 1 atom stereocenters. The standard InChI is InChI=1S/C28H27N3OS/c1-19(2)15-22-13-14-23(33-22)17-25-28(32)31-18-26(21-11-7-4-8-12-21)29-24(27(31)30-25)16-20-9-5-3-6-10-20/h3-14,18-19,25H,15-17H2,1-2H3/p+1. The lowest BCUT2D eigenvalue weighted by atomic mass is 10.1. The van der Waals surface area contributed by atoms with Crippen LogP contribution in [-0.4, -0.2) is 16.9 Å². The summed E-state index contributed by atoms with van der Waals surface area (Å²) >= 11 is 1.82. The predicted molar refractivity (Wildman–Crippen MR) is 134 cm³/mol. The van der Waals surface area contributed by atoms with Crippen LogP contribution in [0.3, 0.4) is 0 Å². The zero-order chi connectivity index (χ0) is 22.8. The molecule has 166 valence electrons. The van der Waals surface area contributed by atoms with E-state index in [9.17, 15) is 4.79 Å². The fourth-order valence-electron chi connectivity index (χ4n) is 4.32. The van der Waals surface area contributed by atoms with Crippen LogP contribution in [0.25, 0.3) is 11.3 Å². The number of carbonyl (C=O) groups is 1. The maximum atomic E-state index is 13.5. The number of rotatable bonds is 7. The SMILES string of the molecule is CC(C)Cc1ccc(CC2Nc3c(Cc4ccccc4)nc(-c4ccccc4)c[n+]3C2=O)s1. The second-order valence-electron chi connectivity index (χ2n) is 9.03. The van der Waals surface area contributed by atoms with Crippen LogP contribution < -0.4 is 9.88 Å². The molecule has 0 aliphatic carbocycles. The van der Waals surface area contributed by atoms with E-state index in [0.29, 0.717) is 18.8 Å². The van der Waals surface area contributed by atoms with Gasteiger partial charge in [-0.05, 0) is 30.0 Å². The van der Waals surface area contributed by atoms with Crippen molar-refractivity contribution >= 4 is 23.1 Å². The Morgan fingerprint density at radius 2 is 1.67 bits per heavy atom. The Kier molecular flexibility index (Phi) is 6.05. The van der Waals surface area contributed by atoms with E-state index < -0.39 is 0 Å². The number of nitrogens with zero attached hydrogens (tertiary/aromatic N) is 2. The van der Waals surface area contributed by atoms with Crippen molar-refractivity contribution in [3.05, 3.63) is 100 Å². The second kappa shape index (κ2) is 9.28. The number of carbonyl (C=O) groups excluding carboxylic acids is 1. The highest BCUT2D eigenvalue weighted by Crippen LogP contribution is 2.27. The van der Waals surface area contributed by atoms with Crippen molar-refractivity contribution in [3.8, 4) is 11.3 Å². The van der Waals surface area contributed by atoms with Gasteiger partial charge in [-0.25, -0.2) is 9.78 Å². The van der Waals surface area contributed by atoms with Gasteiger partial charge in [-0.15, -0.1) is 11.3 Å². The van der Waals surface area contributed by atoms with Crippen LogP contribution in [0.4, 0.5) is 5.82 Å². The quantitative estimate of drug-likeness (QED) is 0.372. The highest BCUT2D eigenvalue weighted by atomic mass is 32.1. The van der Waals surface area contributed by atoms with Crippen molar-refractivity contribution in [2.75, 3.05) is 5.32 Å². The molecular formula is C28H28N3OS+. The first-order valence-electron chi connectivity index (χ1n) is 11.5. The molecule has 5 rings (SSSR count). The zero-order valence-electron chi connectivity index (χ0n) is 19.0. The largest absolute Gasteiger partial charge is 0.359 e. The molecule has 1 aliphatic rings. The summed E-state index contributed by atoms with van der Waals surface area (Å²) in [5, 5.41) is 3.51. The van der Waals surface area contributed by atoms with Crippen LogP contribution in [0.1, 0.15) is 39.7 Å². The molecule has 3 heterocycles. The van der Waals surface area contributed by atoms with Gasteiger partial charge < -0.3 is 0 Å². The molecule has 0 bridgehead atoms. The molecule has 4 aromatic rings. The van der Waals surface area contributed by atoms with Gasteiger partial charge in [0, 0.05) is 28.2 Å². The average molecular weight is 455 g/mol. The molecule has 2 aromatic carbocycles. The molecule has 0 saturated carbocycles. The molecule has 1 N–H and O–H groups in total. The highest BCUT2D eigenvalue weighted by Gasteiger charge is 2.41. The lowest BCUT2D eigenvalue weighted by molar-refractivity contribution is -0.552. The van der Waals surface area contributed by atoms with Crippen LogP contribution in [0, 0.1) is 5.92 Å². The van der Waals surface area contributed by atoms with Crippen LogP contribution in [0.15, 0.2) is 79.0 Å². The van der Waals surface area contributed by atoms with Crippen molar-refractivity contribution < 1.29 is 9.36 Å². The van der Waals surface area contributed by atoms with E-state index in [2.05, 4.69) is 43.4 Å². The summed E-state index contributed by atoms with van der Waals surface area (Å²) in [7, 11) is 0. The summed E-state index contributed by atoms with van der Waals surface area (Å²) in [6.07, 6.45) is 4.32. The Morgan fingerprint density at radius 1 is 0.970 bits per heavy atom. The fraction of sp³-hybridized carbons (Fsp3) is 0.250. The predicted octanol–water partition coefficient (Wildman–Crippen LogP) is 5.56. The van der Waals surface area contributed by atoms with Crippen LogP contribution in [0.2, 0.25) is 0 Å². The third-order valence-corrected chi connectivity index (χ3v) is 7.01. The van der Waals surface area contributed by atoms with Crippen LogP contribution >= 0.6 is 11.3 Å². The number of thiophene rings is 1. The second-order valence-corrected chi connectivity index (χ2v) is 10.3. The highest BCUT2D eigenvalue weighted by molar-refractivity contribution is 7.12. The minimum atomic E-state index is -0.280. The first-order valence-corrected chi connectivity index (χ1v) is 12.3. The average Bonchev–Trinajstić information content (AvgIpc) is 3.39. The molecule has 0 saturated heterocycles. The number of hydrogen-bond donors (Lipinski definition) is 1. The number of fused-ring (bicyclic) bond motifs is 1. The fourth-order valence-corrected chi connectivity index (χ4v) is 5.59.